The second-order valence-corrected chi connectivity index (χ2v) is 4.17. The first-order valence-corrected chi connectivity index (χ1v) is 5.55. The van der Waals surface area contributed by atoms with E-state index in [1.165, 1.54) is 12.1 Å². The summed E-state index contributed by atoms with van der Waals surface area (Å²) < 4.78 is 0. The standard InChI is InChI=1S/C11H15N3O3/c12-10-6-8(14(16)17)3-4-11(10)13-5-1-2-9(13)7-15/h3-4,6,9,15H,1-2,5,7,12H2. The number of aliphatic hydroxyl groups excluding tert-OH is 1. The predicted octanol–water partition coefficient (Wildman–Crippen LogP) is 1.14. The molecule has 1 aliphatic rings. The molecule has 0 spiro atoms. The van der Waals surface area contributed by atoms with Crippen molar-refractivity contribution < 1.29 is 10.0 Å². The minimum absolute atomic E-state index is 0.00834. The maximum atomic E-state index is 10.6. The molecule has 1 heterocycles. The van der Waals surface area contributed by atoms with Crippen LogP contribution in [0.3, 0.4) is 0 Å². The summed E-state index contributed by atoms with van der Waals surface area (Å²) in [5.41, 5.74) is 6.98. The zero-order chi connectivity index (χ0) is 12.4. The van der Waals surface area contributed by atoms with Gasteiger partial charge in [0.25, 0.3) is 5.69 Å². The van der Waals surface area contributed by atoms with Crippen LogP contribution in [0, 0.1) is 10.1 Å². The van der Waals surface area contributed by atoms with Crippen LogP contribution in [0.2, 0.25) is 0 Å². The molecule has 0 aliphatic carbocycles. The summed E-state index contributed by atoms with van der Waals surface area (Å²) in [6, 6.07) is 4.53. The summed E-state index contributed by atoms with van der Waals surface area (Å²) >= 11 is 0. The van der Waals surface area contributed by atoms with E-state index in [9.17, 15) is 15.2 Å². The van der Waals surface area contributed by atoms with Crippen LogP contribution in [-0.2, 0) is 0 Å². The summed E-state index contributed by atoms with van der Waals surface area (Å²) in [7, 11) is 0. The number of nitrogens with two attached hydrogens (primary N) is 1. The van der Waals surface area contributed by atoms with Gasteiger partial charge in [-0.05, 0) is 18.9 Å². The molecule has 0 aromatic heterocycles. The first kappa shape index (κ1) is 11.7. The minimum atomic E-state index is -0.465. The van der Waals surface area contributed by atoms with E-state index < -0.39 is 4.92 Å². The largest absolute Gasteiger partial charge is 0.397 e. The summed E-state index contributed by atoms with van der Waals surface area (Å²) in [6.07, 6.45) is 1.93. The molecule has 1 aliphatic heterocycles. The Labute approximate surface area is 98.8 Å². The van der Waals surface area contributed by atoms with E-state index in [-0.39, 0.29) is 18.3 Å². The zero-order valence-corrected chi connectivity index (χ0v) is 9.37. The first-order chi connectivity index (χ1) is 8.13. The highest BCUT2D eigenvalue weighted by Crippen LogP contribution is 2.32. The number of hydrogen-bond donors (Lipinski definition) is 2. The van der Waals surface area contributed by atoms with Gasteiger partial charge in [0.05, 0.1) is 28.9 Å². The molecule has 1 fully saturated rings. The number of benzene rings is 1. The van der Waals surface area contributed by atoms with Crippen molar-refractivity contribution in [3.05, 3.63) is 28.3 Å². The average molecular weight is 237 g/mol. The third-order valence-corrected chi connectivity index (χ3v) is 3.12. The lowest BCUT2D eigenvalue weighted by atomic mass is 10.2. The lowest BCUT2D eigenvalue weighted by molar-refractivity contribution is -0.384. The van der Waals surface area contributed by atoms with E-state index in [1.54, 1.807) is 6.07 Å². The summed E-state index contributed by atoms with van der Waals surface area (Å²) in [4.78, 5) is 12.2. The van der Waals surface area contributed by atoms with Crippen molar-refractivity contribution in [1.29, 1.82) is 0 Å². The van der Waals surface area contributed by atoms with Crippen molar-refractivity contribution in [2.75, 3.05) is 23.8 Å². The van der Waals surface area contributed by atoms with E-state index >= 15 is 0 Å². The minimum Gasteiger partial charge on any atom is -0.397 e. The molecule has 1 aromatic carbocycles. The number of nitro benzene ring substituents is 1. The van der Waals surface area contributed by atoms with Crippen molar-refractivity contribution in [2.45, 2.75) is 18.9 Å². The predicted molar refractivity (Wildman–Crippen MR) is 65.0 cm³/mol. The fourth-order valence-corrected chi connectivity index (χ4v) is 2.26. The van der Waals surface area contributed by atoms with Crippen LogP contribution < -0.4 is 10.6 Å². The molecule has 6 heteroatoms. The molecule has 0 saturated carbocycles. The Morgan fingerprint density at radius 3 is 2.94 bits per heavy atom. The molecule has 92 valence electrons. The van der Waals surface area contributed by atoms with Gasteiger partial charge in [-0.15, -0.1) is 0 Å². The van der Waals surface area contributed by atoms with Crippen LogP contribution in [0.15, 0.2) is 18.2 Å². The van der Waals surface area contributed by atoms with Gasteiger partial charge in [0.1, 0.15) is 0 Å². The van der Waals surface area contributed by atoms with Crippen LogP contribution in [0.5, 0.6) is 0 Å². The van der Waals surface area contributed by atoms with Crippen LogP contribution in [0.25, 0.3) is 0 Å². The molecule has 0 amide bonds. The SMILES string of the molecule is Nc1cc([N+](=O)[O-])ccc1N1CCCC1CO. The highest BCUT2D eigenvalue weighted by Gasteiger charge is 2.25. The summed E-state index contributed by atoms with van der Waals surface area (Å²) in [6.45, 7) is 0.906. The van der Waals surface area contributed by atoms with Crippen molar-refractivity contribution in [2.24, 2.45) is 0 Å². The van der Waals surface area contributed by atoms with Crippen LogP contribution in [0.1, 0.15) is 12.8 Å². The molecule has 2 rings (SSSR count). The number of non-ortho nitro benzene ring substituents is 1. The van der Waals surface area contributed by atoms with E-state index in [1.807, 2.05) is 4.90 Å². The Morgan fingerprint density at radius 2 is 2.35 bits per heavy atom. The van der Waals surface area contributed by atoms with Gasteiger partial charge in [0.2, 0.25) is 0 Å². The van der Waals surface area contributed by atoms with Gasteiger partial charge in [-0.1, -0.05) is 0 Å². The average Bonchev–Trinajstić information content (AvgIpc) is 2.76. The molecule has 1 aromatic rings. The van der Waals surface area contributed by atoms with Gasteiger partial charge in [-0.2, -0.15) is 0 Å². The fourth-order valence-electron chi connectivity index (χ4n) is 2.26. The topological polar surface area (TPSA) is 92.6 Å². The van der Waals surface area contributed by atoms with E-state index in [0.29, 0.717) is 5.69 Å². The van der Waals surface area contributed by atoms with Gasteiger partial charge in [-0.3, -0.25) is 10.1 Å². The molecular formula is C11H15N3O3. The quantitative estimate of drug-likeness (QED) is 0.467. The molecule has 6 nitrogen and oxygen atoms in total. The van der Waals surface area contributed by atoms with Gasteiger partial charge >= 0.3 is 0 Å². The summed E-state index contributed by atoms with van der Waals surface area (Å²) in [5.74, 6) is 0. The Kier molecular flexibility index (Phi) is 3.14. The van der Waals surface area contributed by atoms with Gasteiger partial charge in [-0.25, -0.2) is 0 Å². The van der Waals surface area contributed by atoms with Gasteiger partial charge in [0, 0.05) is 18.7 Å². The second-order valence-electron chi connectivity index (χ2n) is 4.17. The van der Waals surface area contributed by atoms with Crippen LogP contribution >= 0.6 is 0 Å². The number of hydrogen-bond acceptors (Lipinski definition) is 5. The van der Waals surface area contributed by atoms with E-state index in [2.05, 4.69) is 0 Å². The second kappa shape index (κ2) is 4.58. The Hall–Kier alpha value is -1.82. The maximum absolute atomic E-state index is 10.6. The Bertz CT molecular complexity index is 436. The van der Waals surface area contributed by atoms with Crippen molar-refractivity contribution in [3.8, 4) is 0 Å². The molecule has 1 saturated heterocycles. The molecule has 17 heavy (non-hydrogen) atoms. The molecule has 0 radical (unpaired) electrons. The highest BCUT2D eigenvalue weighted by molar-refractivity contribution is 5.71. The number of nitrogen functional groups attached to an aromatic ring is 1. The third kappa shape index (κ3) is 2.16. The number of nitro groups is 1. The van der Waals surface area contributed by atoms with Gasteiger partial charge in [0.15, 0.2) is 0 Å². The van der Waals surface area contributed by atoms with Gasteiger partial charge < -0.3 is 15.7 Å². The number of rotatable bonds is 3. The fraction of sp³-hybridized carbons (Fsp3) is 0.455. The molecular weight excluding hydrogens is 222 g/mol. The maximum Gasteiger partial charge on any atom is 0.271 e. The normalized spacial score (nSPS) is 19.6. The number of anilines is 2. The van der Waals surface area contributed by atoms with Crippen molar-refractivity contribution >= 4 is 17.1 Å². The third-order valence-electron chi connectivity index (χ3n) is 3.12. The zero-order valence-electron chi connectivity index (χ0n) is 9.37. The number of aliphatic hydroxyl groups is 1. The monoisotopic (exact) mass is 237 g/mol. The van der Waals surface area contributed by atoms with E-state index in [0.717, 1.165) is 25.1 Å². The Morgan fingerprint density at radius 1 is 1.59 bits per heavy atom. The van der Waals surface area contributed by atoms with Crippen molar-refractivity contribution in [1.82, 2.24) is 0 Å². The van der Waals surface area contributed by atoms with Crippen LogP contribution in [0.4, 0.5) is 17.1 Å². The first-order valence-electron chi connectivity index (χ1n) is 5.55. The van der Waals surface area contributed by atoms with Crippen LogP contribution in [-0.4, -0.2) is 29.2 Å². The van der Waals surface area contributed by atoms with Crippen molar-refractivity contribution in [3.63, 3.8) is 0 Å². The highest BCUT2D eigenvalue weighted by atomic mass is 16.6. The van der Waals surface area contributed by atoms with E-state index in [4.69, 9.17) is 5.73 Å². The Balaban J connectivity index is 2.30. The molecule has 1 atom stereocenters. The number of nitrogens with zero attached hydrogens (tertiary/aromatic N) is 2. The molecule has 3 N–H and O–H groups in total. The lowest BCUT2D eigenvalue weighted by Crippen LogP contribution is -2.32. The summed E-state index contributed by atoms with van der Waals surface area (Å²) in [5, 5.41) is 19.8. The smallest absolute Gasteiger partial charge is 0.271 e. The molecule has 1 unspecified atom stereocenters. The lowest BCUT2D eigenvalue weighted by Gasteiger charge is -2.26. The molecule has 0 bridgehead atoms.